The second-order valence-corrected chi connectivity index (χ2v) is 5.12. The Labute approximate surface area is 87.2 Å². The fraction of sp³-hybridized carbons (Fsp3) is 0.455. The average Bonchev–Trinajstić information content (AvgIpc) is 2.16. The van der Waals surface area contributed by atoms with Crippen molar-refractivity contribution in [3.63, 3.8) is 0 Å². The summed E-state index contributed by atoms with van der Waals surface area (Å²) in [4.78, 5) is 0. The molecule has 1 aliphatic rings. The maximum absolute atomic E-state index is 5.71. The molecule has 0 atom stereocenters. The van der Waals surface area contributed by atoms with Crippen LogP contribution in [0.2, 0.25) is 6.04 Å². The molecule has 0 amide bonds. The van der Waals surface area contributed by atoms with Gasteiger partial charge in [-0.05, 0) is 11.6 Å². The van der Waals surface area contributed by atoms with Crippen molar-refractivity contribution in [1.29, 1.82) is 0 Å². The molecule has 14 heavy (non-hydrogen) atoms. The summed E-state index contributed by atoms with van der Waals surface area (Å²) in [6.07, 6.45) is 0. The summed E-state index contributed by atoms with van der Waals surface area (Å²) >= 11 is 0. The van der Waals surface area contributed by atoms with Gasteiger partial charge in [0.15, 0.2) is 9.76 Å². The predicted octanol–water partition coefficient (Wildman–Crippen LogP) is 1.35. The number of hydrogen-bond acceptors (Lipinski definition) is 2. The molecule has 0 unspecified atom stereocenters. The minimum atomic E-state index is -0.320. The van der Waals surface area contributed by atoms with Gasteiger partial charge in [0.1, 0.15) is 0 Å². The van der Waals surface area contributed by atoms with Crippen molar-refractivity contribution in [2.24, 2.45) is 5.92 Å². The Hall–Kier alpha value is -0.643. The molecular formula is C11H16O2Si. The molecule has 0 radical (unpaired) electrons. The molecule has 1 aromatic carbocycles. The number of ether oxygens (including phenoxy) is 1. The minimum absolute atomic E-state index is 0.320. The Balaban J connectivity index is 1.58. The predicted molar refractivity (Wildman–Crippen MR) is 58.9 cm³/mol. The molecular weight excluding hydrogens is 192 g/mol. The summed E-state index contributed by atoms with van der Waals surface area (Å²) in [5, 5.41) is 0. The lowest BCUT2D eigenvalue weighted by molar-refractivity contribution is -0.0231. The zero-order valence-corrected chi connectivity index (χ0v) is 9.73. The van der Waals surface area contributed by atoms with Crippen LogP contribution in [-0.2, 0) is 15.8 Å². The normalized spacial score (nSPS) is 17.4. The summed E-state index contributed by atoms with van der Waals surface area (Å²) in [6.45, 7) is 2.71. The van der Waals surface area contributed by atoms with Crippen molar-refractivity contribution in [1.82, 2.24) is 0 Å². The first-order chi connectivity index (χ1) is 6.95. The van der Waals surface area contributed by atoms with Crippen LogP contribution in [0.15, 0.2) is 30.3 Å². The van der Waals surface area contributed by atoms with Crippen molar-refractivity contribution in [3.05, 3.63) is 35.9 Å². The number of rotatable bonds is 5. The first kappa shape index (κ1) is 9.89. The van der Waals surface area contributed by atoms with Crippen LogP contribution in [0, 0.1) is 5.92 Å². The van der Waals surface area contributed by atoms with E-state index in [1.54, 1.807) is 0 Å². The minimum Gasteiger partial charge on any atom is -0.420 e. The Morgan fingerprint density at radius 1 is 1.29 bits per heavy atom. The first-order valence-electron chi connectivity index (χ1n) is 5.14. The fourth-order valence-electron chi connectivity index (χ4n) is 1.47. The summed E-state index contributed by atoms with van der Waals surface area (Å²) in [5.41, 5.74) is 1.28. The molecule has 76 valence electrons. The van der Waals surface area contributed by atoms with Gasteiger partial charge in [0, 0.05) is 5.92 Å². The molecule has 1 saturated heterocycles. The van der Waals surface area contributed by atoms with Gasteiger partial charge >= 0.3 is 0 Å². The van der Waals surface area contributed by atoms with Crippen LogP contribution in [0.5, 0.6) is 0 Å². The van der Waals surface area contributed by atoms with E-state index in [9.17, 15) is 0 Å². The third-order valence-electron chi connectivity index (χ3n) is 2.49. The highest BCUT2D eigenvalue weighted by molar-refractivity contribution is 6.27. The van der Waals surface area contributed by atoms with Crippen molar-refractivity contribution in [3.8, 4) is 0 Å². The Kier molecular flexibility index (Phi) is 3.74. The Bertz CT molecular complexity index is 259. The highest BCUT2D eigenvalue weighted by atomic mass is 28.2. The van der Waals surface area contributed by atoms with Crippen LogP contribution in [0.25, 0.3) is 0 Å². The largest absolute Gasteiger partial charge is 0.420 e. The Morgan fingerprint density at radius 2 is 2.07 bits per heavy atom. The maximum atomic E-state index is 5.71. The van der Waals surface area contributed by atoms with E-state index in [0.717, 1.165) is 25.7 Å². The van der Waals surface area contributed by atoms with Gasteiger partial charge in [-0.1, -0.05) is 30.3 Å². The van der Waals surface area contributed by atoms with Crippen molar-refractivity contribution < 1.29 is 9.16 Å². The maximum Gasteiger partial charge on any atom is 0.162 e. The quantitative estimate of drug-likeness (QED) is 0.537. The zero-order chi connectivity index (χ0) is 9.64. The second-order valence-electron chi connectivity index (χ2n) is 3.73. The van der Waals surface area contributed by atoms with Crippen molar-refractivity contribution in [2.45, 2.75) is 12.7 Å². The molecule has 0 N–H and O–H groups in total. The van der Waals surface area contributed by atoms with Crippen LogP contribution < -0.4 is 0 Å². The molecule has 1 aromatic rings. The van der Waals surface area contributed by atoms with Gasteiger partial charge in [-0.25, -0.2) is 0 Å². The molecule has 0 bridgehead atoms. The van der Waals surface area contributed by atoms with Crippen molar-refractivity contribution in [2.75, 3.05) is 13.2 Å². The SMILES string of the molecule is c1ccc(CO[SiH2]CC2COC2)cc1. The van der Waals surface area contributed by atoms with E-state index in [0.29, 0.717) is 0 Å². The monoisotopic (exact) mass is 208 g/mol. The highest BCUT2D eigenvalue weighted by Crippen LogP contribution is 2.14. The second kappa shape index (κ2) is 5.29. The summed E-state index contributed by atoms with van der Waals surface area (Å²) in [6, 6.07) is 11.6. The topological polar surface area (TPSA) is 18.5 Å². The summed E-state index contributed by atoms with van der Waals surface area (Å²) < 4.78 is 10.8. The number of hydrogen-bond donors (Lipinski definition) is 0. The average molecular weight is 208 g/mol. The van der Waals surface area contributed by atoms with Crippen LogP contribution in [0.1, 0.15) is 5.56 Å². The van der Waals surface area contributed by atoms with E-state index in [2.05, 4.69) is 24.3 Å². The lowest BCUT2D eigenvalue weighted by Crippen LogP contribution is -2.28. The van der Waals surface area contributed by atoms with Gasteiger partial charge < -0.3 is 9.16 Å². The van der Waals surface area contributed by atoms with E-state index >= 15 is 0 Å². The molecule has 0 aromatic heterocycles. The molecule has 0 spiro atoms. The number of benzene rings is 1. The third-order valence-corrected chi connectivity index (χ3v) is 4.03. The van der Waals surface area contributed by atoms with Crippen molar-refractivity contribution >= 4 is 9.76 Å². The van der Waals surface area contributed by atoms with Crippen LogP contribution in [0.4, 0.5) is 0 Å². The van der Waals surface area contributed by atoms with Gasteiger partial charge in [0.05, 0.1) is 19.8 Å². The van der Waals surface area contributed by atoms with Gasteiger partial charge in [-0.2, -0.15) is 0 Å². The first-order valence-corrected chi connectivity index (χ1v) is 6.72. The zero-order valence-electron chi connectivity index (χ0n) is 8.32. The van der Waals surface area contributed by atoms with E-state index < -0.39 is 0 Å². The molecule has 1 heterocycles. The highest BCUT2D eigenvalue weighted by Gasteiger charge is 2.17. The van der Waals surface area contributed by atoms with Crippen LogP contribution >= 0.6 is 0 Å². The van der Waals surface area contributed by atoms with E-state index in [-0.39, 0.29) is 9.76 Å². The molecule has 0 saturated carbocycles. The third kappa shape index (κ3) is 2.94. The van der Waals surface area contributed by atoms with Gasteiger partial charge in [-0.3, -0.25) is 0 Å². The van der Waals surface area contributed by atoms with Gasteiger partial charge in [-0.15, -0.1) is 0 Å². The van der Waals surface area contributed by atoms with E-state index in [1.807, 2.05) is 6.07 Å². The smallest absolute Gasteiger partial charge is 0.162 e. The molecule has 2 nitrogen and oxygen atoms in total. The molecule has 1 aliphatic heterocycles. The van der Waals surface area contributed by atoms with Gasteiger partial charge in [0.2, 0.25) is 0 Å². The summed E-state index contributed by atoms with van der Waals surface area (Å²) in [5.74, 6) is 0.803. The lowest BCUT2D eigenvalue weighted by Gasteiger charge is -2.25. The molecule has 0 aliphatic carbocycles. The van der Waals surface area contributed by atoms with Crippen LogP contribution in [-0.4, -0.2) is 23.0 Å². The molecule has 1 fully saturated rings. The lowest BCUT2D eigenvalue weighted by atomic mass is 10.1. The van der Waals surface area contributed by atoms with Gasteiger partial charge in [0.25, 0.3) is 0 Å². The summed E-state index contributed by atoms with van der Waals surface area (Å²) in [7, 11) is -0.320. The Morgan fingerprint density at radius 3 is 2.71 bits per heavy atom. The van der Waals surface area contributed by atoms with E-state index in [4.69, 9.17) is 9.16 Å². The standard InChI is InChI=1S/C11H16O2Si/c1-2-4-10(5-3-1)8-13-14-9-11-6-12-7-11/h1-5,11H,6-9,14H2. The van der Waals surface area contributed by atoms with E-state index in [1.165, 1.54) is 11.6 Å². The molecule has 2 rings (SSSR count). The fourth-order valence-corrected chi connectivity index (χ4v) is 2.68. The molecule has 3 heteroatoms. The van der Waals surface area contributed by atoms with Crippen LogP contribution in [0.3, 0.4) is 0 Å².